The average molecular weight is 223 g/mol. The third kappa shape index (κ3) is 2.32. The van der Waals surface area contributed by atoms with Crippen LogP contribution < -0.4 is 5.32 Å². The van der Waals surface area contributed by atoms with Crippen molar-refractivity contribution in [3.8, 4) is 0 Å². The highest BCUT2D eigenvalue weighted by Crippen LogP contribution is 2.34. The Bertz CT molecular complexity index is 415. The van der Waals surface area contributed by atoms with Gasteiger partial charge in [0.25, 0.3) is 0 Å². The smallest absolute Gasteiger partial charge is 0.335 e. The standard InChI is InChI=1S/C12H14FNO2/c1-7(8-2-3-8)14-11-5-4-9(12(15)16)6-10(11)13/h4-8,14H,2-3H2,1H3,(H,15,16). The van der Waals surface area contributed by atoms with Gasteiger partial charge in [0, 0.05) is 6.04 Å². The van der Waals surface area contributed by atoms with Crippen LogP contribution in [0.5, 0.6) is 0 Å². The average Bonchev–Trinajstić information content (AvgIpc) is 3.03. The molecule has 0 spiro atoms. The van der Waals surface area contributed by atoms with E-state index >= 15 is 0 Å². The molecule has 3 nitrogen and oxygen atoms in total. The van der Waals surface area contributed by atoms with Crippen molar-refractivity contribution in [1.82, 2.24) is 0 Å². The second-order valence-electron chi connectivity index (χ2n) is 4.27. The molecule has 4 heteroatoms. The van der Waals surface area contributed by atoms with Crippen LogP contribution in [0.1, 0.15) is 30.1 Å². The van der Waals surface area contributed by atoms with E-state index in [0.29, 0.717) is 11.6 Å². The summed E-state index contributed by atoms with van der Waals surface area (Å²) >= 11 is 0. The Balaban J connectivity index is 2.12. The molecule has 2 N–H and O–H groups in total. The van der Waals surface area contributed by atoms with Gasteiger partial charge in [-0.15, -0.1) is 0 Å². The van der Waals surface area contributed by atoms with E-state index in [9.17, 15) is 9.18 Å². The first-order chi connectivity index (χ1) is 7.58. The molecule has 0 radical (unpaired) electrons. The first-order valence-corrected chi connectivity index (χ1v) is 5.37. The number of halogens is 1. The van der Waals surface area contributed by atoms with Crippen LogP contribution >= 0.6 is 0 Å². The fourth-order valence-electron chi connectivity index (χ4n) is 1.72. The van der Waals surface area contributed by atoms with Gasteiger partial charge in [0.2, 0.25) is 0 Å². The second kappa shape index (κ2) is 4.12. The molecule has 0 heterocycles. The summed E-state index contributed by atoms with van der Waals surface area (Å²) in [6, 6.07) is 4.18. The molecule has 0 saturated heterocycles. The second-order valence-corrected chi connectivity index (χ2v) is 4.27. The van der Waals surface area contributed by atoms with Gasteiger partial charge in [0.1, 0.15) is 5.82 Å². The van der Waals surface area contributed by atoms with Crippen LogP contribution in [0.2, 0.25) is 0 Å². The van der Waals surface area contributed by atoms with Gasteiger partial charge in [0.05, 0.1) is 11.3 Å². The van der Waals surface area contributed by atoms with Gasteiger partial charge in [0.15, 0.2) is 0 Å². The third-order valence-corrected chi connectivity index (χ3v) is 2.93. The Morgan fingerprint density at radius 1 is 1.56 bits per heavy atom. The van der Waals surface area contributed by atoms with Gasteiger partial charge in [-0.3, -0.25) is 0 Å². The van der Waals surface area contributed by atoms with Crippen molar-refractivity contribution in [2.24, 2.45) is 5.92 Å². The Morgan fingerprint density at radius 3 is 2.75 bits per heavy atom. The molecule has 1 atom stereocenters. The van der Waals surface area contributed by atoms with Crippen molar-refractivity contribution in [3.05, 3.63) is 29.6 Å². The summed E-state index contributed by atoms with van der Waals surface area (Å²) in [6.07, 6.45) is 2.37. The van der Waals surface area contributed by atoms with E-state index in [-0.39, 0.29) is 11.6 Å². The molecule has 1 aromatic carbocycles. The summed E-state index contributed by atoms with van der Waals surface area (Å²) in [5, 5.41) is 11.8. The summed E-state index contributed by atoms with van der Waals surface area (Å²) in [7, 11) is 0. The van der Waals surface area contributed by atoms with Crippen molar-refractivity contribution in [3.63, 3.8) is 0 Å². The van der Waals surface area contributed by atoms with Crippen molar-refractivity contribution in [2.75, 3.05) is 5.32 Å². The van der Waals surface area contributed by atoms with E-state index in [2.05, 4.69) is 5.32 Å². The fourth-order valence-corrected chi connectivity index (χ4v) is 1.72. The van der Waals surface area contributed by atoms with Gasteiger partial charge < -0.3 is 10.4 Å². The maximum absolute atomic E-state index is 13.5. The third-order valence-electron chi connectivity index (χ3n) is 2.93. The molecule has 1 aliphatic carbocycles. The Morgan fingerprint density at radius 2 is 2.25 bits per heavy atom. The summed E-state index contributed by atoms with van der Waals surface area (Å²) < 4.78 is 13.5. The minimum Gasteiger partial charge on any atom is -0.478 e. The maximum atomic E-state index is 13.5. The first-order valence-electron chi connectivity index (χ1n) is 5.37. The van der Waals surface area contributed by atoms with Gasteiger partial charge in [-0.25, -0.2) is 9.18 Å². The lowest BCUT2D eigenvalue weighted by molar-refractivity contribution is 0.0696. The Hall–Kier alpha value is -1.58. The number of hydrogen-bond acceptors (Lipinski definition) is 2. The lowest BCUT2D eigenvalue weighted by atomic mass is 10.1. The zero-order valence-corrected chi connectivity index (χ0v) is 9.03. The van der Waals surface area contributed by atoms with Crippen LogP contribution in [0.25, 0.3) is 0 Å². The molecule has 0 amide bonds. The van der Waals surface area contributed by atoms with E-state index in [0.717, 1.165) is 6.07 Å². The predicted octanol–water partition coefficient (Wildman–Crippen LogP) is 2.73. The molecule has 1 unspecified atom stereocenters. The number of anilines is 1. The first kappa shape index (κ1) is 10.9. The Labute approximate surface area is 93.3 Å². The summed E-state index contributed by atoms with van der Waals surface area (Å²) in [5.41, 5.74) is 0.353. The minimum absolute atomic E-state index is 0.0258. The quantitative estimate of drug-likeness (QED) is 0.825. The molecular weight excluding hydrogens is 209 g/mol. The van der Waals surface area contributed by atoms with E-state index in [4.69, 9.17) is 5.11 Å². The molecule has 1 aliphatic rings. The molecule has 1 saturated carbocycles. The predicted molar refractivity (Wildman–Crippen MR) is 59.2 cm³/mol. The molecule has 1 aromatic rings. The van der Waals surface area contributed by atoms with Crippen LogP contribution in [0, 0.1) is 11.7 Å². The fraction of sp³-hybridized carbons (Fsp3) is 0.417. The zero-order chi connectivity index (χ0) is 11.7. The SMILES string of the molecule is CC(Nc1ccc(C(=O)O)cc1F)C1CC1. The van der Waals surface area contributed by atoms with Crippen LogP contribution in [0.3, 0.4) is 0 Å². The largest absolute Gasteiger partial charge is 0.478 e. The number of benzene rings is 1. The maximum Gasteiger partial charge on any atom is 0.335 e. The molecule has 0 aromatic heterocycles. The molecule has 1 fully saturated rings. The summed E-state index contributed by atoms with van der Waals surface area (Å²) in [6.45, 7) is 2.02. The number of carboxylic acids is 1. The number of carbonyl (C=O) groups is 1. The highest BCUT2D eigenvalue weighted by atomic mass is 19.1. The number of hydrogen-bond donors (Lipinski definition) is 2. The van der Waals surface area contributed by atoms with Gasteiger partial charge in [-0.1, -0.05) is 0 Å². The topological polar surface area (TPSA) is 49.3 Å². The lowest BCUT2D eigenvalue weighted by Gasteiger charge is -2.15. The van der Waals surface area contributed by atoms with Gasteiger partial charge in [-0.05, 0) is 43.9 Å². The molecule has 16 heavy (non-hydrogen) atoms. The number of aromatic carboxylic acids is 1. The normalized spacial score (nSPS) is 16.9. The molecule has 0 aliphatic heterocycles. The van der Waals surface area contributed by atoms with Crippen LogP contribution in [0.4, 0.5) is 10.1 Å². The number of nitrogens with one attached hydrogen (secondary N) is 1. The minimum atomic E-state index is -1.11. The lowest BCUT2D eigenvalue weighted by Crippen LogP contribution is -2.18. The highest BCUT2D eigenvalue weighted by Gasteiger charge is 2.28. The number of carboxylic acid groups (broad SMARTS) is 1. The molecule has 86 valence electrons. The molecular formula is C12H14FNO2. The number of rotatable bonds is 4. The van der Waals surface area contributed by atoms with Crippen LogP contribution in [-0.4, -0.2) is 17.1 Å². The van der Waals surface area contributed by atoms with E-state index in [1.165, 1.54) is 25.0 Å². The van der Waals surface area contributed by atoms with E-state index in [1.54, 1.807) is 0 Å². The van der Waals surface area contributed by atoms with Crippen molar-refractivity contribution in [2.45, 2.75) is 25.8 Å². The van der Waals surface area contributed by atoms with E-state index in [1.807, 2.05) is 6.92 Å². The van der Waals surface area contributed by atoms with Crippen LogP contribution in [0.15, 0.2) is 18.2 Å². The van der Waals surface area contributed by atoms with Gasteiger partial charge >= 0.3 is 5.97 Å². The molecule has 2 rings (SSSR count). The molecule has 0 bridgehead atoms. The van der Waals surface area contributed by atoms with Crippen LogP contribution in [-0.2, 0) is 0 Å². The highest BCUT2D eigenvalue weighted by molar-refractivity contribution is 5.88. The van der Waals surface area contributed by atoms with E-state index < -0.39 is 11.8 Å². The summed E-state index contributed by atoms with van der Waals surface area (Å²) in [4.78, 5) is 10.6. The van der Waals surface area contributed by atoms with Crippen molar-refractivity contribution < 1.29 is 14.3 Å². The van der Waals surface area contributed by atoms with Crippen molar-refractivity contribution >= 4 is 11.7 Å². The Kier molecular flexibility index (Phi) is 2.81. The van der Waals surface area contributed by atoms with Crippen molar-refractivity contribution in [1.29, 1.82) is 0 Å². The van der Waals surface area contributed by atoms with Gasteiger partial charge in [-0.2, -0.15) is 0 Å². The zero-order valence-electron chi connectivity index (χ0n) is 9.03. The monoisotopic (exact) mass is 223 g/mol. The summed E-state index contributed by atoms with van der Waals surface area (Å²) in [5.74, 6) is -0.994.